The first kappa shape index (κ1) is 27.8. The molecule has 2 aromatic heterocycles. The van der Waals surface area contributed by atoms with Crippen molar-refractivity contribution in [1.29, 1.82) is 0 Å². The maximum absolute atomic E-state index is 14.2. The number of benzene rings is 1. The van der Waals surface area contributed by atoms with Gasteiger partial charge in [0.15, 0.2) is 0 Å². The van der Waals surface area contributed by atoms with Crippen LogP contribution in [0.5, 0.6) is 17.2 Å². The summed E-state index contributed by atoms with van der Waals surface area (Å²) in [5.41, 5.74) is 1.40. The fourth-order valence-electron chi connectivity index (χ4n) is 7.70. The molecule has 2 aliphatic carbocycles. The van der Waals surface area contributed by atoms with Crippen molar-refractivity contribution in [2.75, 3.05) is 14.2 Å². The van der Waals surface area contributed by atoms with Gasteiger partial charge in [-0.15, -0.1) is 22.7 Å². The number of hydrogen-bond acceptors (Lipinski definition) is 9. The van der Waals surface area contributed by atoms with Gasteiger partial charge >= 0.3 is 0 Å². The Bertz CT molecular complexity index is 1620. The lowest BCUT2D eigenvalue weighted by Gasteiger charge is -2.44. The summed E-state index contributed by atoms with van der Waals surface area (Å²) in [7, 11) is 2.96. The second kappa shape index (κ2) is 10.6. The number of phenolic OH excluding ortho intramolecular Hbond substituents is 1. The van der Waals surface area contributed by atoms with Crippen LogP contribution in [0.15, 0.2) is 58.8 Å². The molecule has 3 aromatic rings. The van der Waals surface area contributed by atoms with Crippen molar-refractivity contribution in [2.45, 2.75) is 31.8 Å². The number of fused-ring (bicyclic) bond motifs is 4. The predicted octanol–water partition coefficient (Wildman–Crippen LogP) is 4.57. The Labute approximate surface area is 256 Å². The van der Waals surface area contributed by atoms with Gasteiger partial charge < -0.3 is 14.6 Å². The molecule has 1 aromatic carbocycles. The van der Waals surface area contributed by atoms with Crippen molar-refractivity contribution in [2.24, 2.45) is 29.6 Å². The number of nitrogens with zero attached hydrogens (tertiary/aromatic N) is 2. The van der Waals surface area contributed by atoms with E-state index in [4.69, 9.17) is 9.47 Å². The molecule has 222 valence electrons. The van der Waals surface area contributed by atoms with Gasteiger partial charge in [0.05, 0.1) is 51.0 Å². The van der Waals surface area contributed by atoms with Crippen LogP contribution < -0.4 is 9.47 Å². The molecular weight excluding hydrogens is 588 g/mol. The first-order chi connectivity index (χ1) is 20.8. The summed E-state index contributed by atoms with van der Waals surface area (Å²) in [4.78, 5) is 60.4. The summed E-state index contributed by atoms with van der Waals surface area (Å²) < 4.78 is 11.4. The van der Waals surface area contributed by atoms with Crippen LogP contribution in [0.4, 0.5) is 0 Å². The van der Waals surface area contributed by atoms with Crippen LogP contribution in [-0.4, -0.2) is 52.8 Å². The Morgan fingerprint density at radius 1 is 0.791 bits per heavy atom. The second-order valence-corrected chi connectivity index (χ2v) is 13.5. The summed E-state index contributed by atoms with van der Waals surface area (Å²) in [5, 5.41) is 14.2. The molecule has 2 saturated heterocycles. The van der Waals surface area contributed by atoms with Crippen LogP contribution in [0, 0.1) is 29.6 Å². The Morgan fingerprint density at radius 2 is 1.35 bits per heavy atom. The zero-order chi connectivity index (χ0) is 30.0. The molecule has 43 heavy (non-hydrogen) atoms. The van der Waals surface area contributed by atoms with Crippen LogP contribution in [0.2, 0.25) is 0 Å². The molecule has 9 nitrogen and oxygen atoms in total. The minimum Gasteiger partial charge on any atom is -0.508 e. The van der Waals surface area contributed by atoms with Crippen molar-refractivity contribution < 1.29 is 33.8 Å². The third-order valence-corrected chi connectivity index (χ3v) is 11.2. The largest absolute Gasteiger partial charge is 0.508 e. The zero-order valence-corrected chi connectivity index (χ0v) is 25.2. The summed E-state index contributed by atoms with van der Waals surface area (Å²) in [6.07, 6.45) is 2.66. The lowest BCUT2D eigenvalue weighted by Crippen LogP contribution is -2.43. The van der Waals surface area contributed by atoms with Gasteiger partial charge in [0.25, 0.3) is 0 Å². The summed E-state index contributed by atoms with van der Waals surface area (Å²) >= 11 is 2.98. The van der Waals surface area contributed by atoms with Gasteiger partial charge in [0.2, 0.25) is 23.6 Å². The molecule has 7 rings (SSSR count). The number of aromatic hydroxyl groups is 1. The van der Waals surface area contributed by atoms with E-state index in [-0.39, 0.29) is 42.5 Å². The van der Waals surface area contributed by atoms with Crippen LogP contribution in [0.1, 0.15) is 34.1 Å². The molecule has 1 N–H and O–H groups in total. The number of imide groups is 2. The van der Waals surface area contributed by atoms with E-state index in [2.05, 4.69) is 0 Å². The Kier molecular flexibility index (Phi) is 6.89. The molecule has 1 saturated carbocycles. The monoisotopic (exact) mass is 618 g/mol. The Hall–Kier alpha value is -3.96. The predicted molar refractivity (Wildman–Crippen MR) is 158 cm³/mol. The maximum atomic E-state index is 14.2. The van der Waals surface area contributed by atoms with E-state index in [1.54, 1.807) is 0 Å². The van der Waals surface area contributed by atoms with E-state index in [1.165, 1.54) is 58.8 Å². The smallest absolute Gasteiger partial charge is 0.234 e. The van der Waals surface area contributed by atoms with E-state index in [0.29, 0.717) is 29.9 Å². The van der Waals surface area contributed by atoms with Gasteiger partial charge in [-0.25, -0.2) is 0 Å². The number of hydrogen-bond donors (Lipinski definition) is 1. The molecule has 6 atom stereocenters. The fraction of sp³-hybridized carbons (Fsp3) is 0.375. The highest BCUT2D eigenvalue weighted by atomic mass is 32.1. The van der Waals surface area contributed by atoms with Gasteiger partial charge in [-0.05, 0) is 41.7 Å². The maximum Gasteiger partial charge on any atom is 0.234 e. The number of carbonyl (C=O) groups is 4. The number of carbonyl (C=O) groups excluding carboxylic acids is 4. The molecule has 11 heteroatoms. The topological polar surface area (TPSA) is 113 Å². The van der Waals surface area contributed by atoms with Gasteiger partial charge in [0.1, 0.15) is 17.2 Å². The van der Waals surface area contributed by atoms with Crippen LogP contribution >= 0.6 is 22.7 Å². The molecule has 4 amide bonds. The summed E-state index contributed by atoms with van der Waals surface area (Å²) in [6.45, 7) is 0.409. The lowest BCUT2D eigenvalue weighted by molar-refractivity contribution is -0.142. The van der Waals surface area contributed by atoms with Crippen molar-refractivity contribution in [3.05, 3.63) is 74.1 Å². The Balaban J connectivity index is 1.34. The van der Waals surface area contributed by atoms with E-state index >= 15 is 0 Å². The third kappa shape index (κ3) is 4.31. The number of methoxy groups -OCH3 is 2. The number of thiophene rings is 2. The number of likely N-dealkylation sites (tertiary alicyclic amines) is 2. The first-order valence-corrected chi connectivity index (χ1v) is 16.0. The quantitative estimate of drug-likeness (QED) is 0.305. The number of allylic oxidation sites excluding steroid dienone is 2. The number of rotatable bonds is 7. The average molecular weight is 619 g/mol. The van der Waals surface area contributed by atoms with Crippen molar-refractivity contribution >= 4 is 46.3 Å². The summed E-state index contributed by atoms with van der Waals surface area (Å²) in [6, 6.07) is 10.5. The normalized spacial score (nSPS) is 28.1. The van der Waals surface area contributed by atoms with Gasteiger partial charge in [-0.3, -0.25) is 29.0 Å². The van der Waals surface area contributed by atoms with Crippen LogP contribution in [0.3, 0.4) is 0 Å². The molecule has 4 heterocycles. The summed E-state index contributed by atoms with van der Waals surface area (Å²) in [5.74, 6) is -4.00. The molecule has 4 aliphatic rings. The Morgan fingerprint density at radius 3 is 1.88 bits per heavy atom. The molecule has 0 bridgehead atoms. The van der Waals surface area contributed by atoms with Crippen molar-refractivity contribution in [1.82, 2.24) is 9.80 Å². The third-order valence-electron chi connectivity index (χ3n) is 9.46. The highest BCUT2D eigenvalue weighted by molar-refractivity contribution is 7.10. The van der Waals surface area contributed by atoms with E-state index < -0.39 is 35.5 Å². The minimum absolute atomic E-state index is 0.0621. The van der Waals surface area contributed by atoms with Crippen LogP contribution in [-0.2, 0) is 32.3 Å². The second-order valence-electron chi connectivity index (χ2n) is 11.5. The number of phenols is 1. The molecule has 0 radical (unpaired) electrons. The number of ether oxygens (including phenoxy) is 2. The van der Waals surface area contributed by atoms with Gasteiger partial charge in [-0.1, -0.05) is 23.8 Å². The molecule has 0 spiro atoms. The van der Waals surface area contributed by atoms with Gasteiger partial charge in [0, 0.05) is 33.4 Å². The average Bonchev–Trinajstić information content (AvgIpc) is 3.80. The molecule has 3 fully saturated rings. The zero-order valence-electron chi connectivity index (χ0n) is 23.6. The van der Waals surface area contributed by atoms with Crippen molar-refractivity contribution in [3.8, 4) is 17.2 Å². The molecule has 2 aliphatic heterocycles. The minimum atomic E-state index is -0.742. The van der Waals surface area contributed by atoms with E-state index in [0.717, 1.165) is 15.3 Å². The molecule has 6 unspecified atom stereocenters. The highest BCUT2D eigenvalue weighted by Gasteiger charge is 2.62. The SMILES string of the molecule is COc1cc(O)cc(OC)c1C1C2=CCC3C(=O)N(Cc4cccs4)C(=O)C3C2CC2C(=O)N(Cc3cccs3)C(=O)C21. The van der Waals surface area contributed by atoms with E-state index in [1.807, 2.05) is 41.1 Å². The highest BCUT2D eigenvalue weighted by Crippen LogP contribution is 2.60. The lowest BCUT2D eigenvalue weighted by atomic mass is 9.57. The van der Waals surface area contributed by atoms with Crippen molar-refractivity contribution in [3.63, 3.8) is 0 Å². The van der Waals surface area contributed by atoms with Gasteiger partial charge in [-0.2, -0.15) is 0 Å². The molecular formula is C32H30N2O7S2. The van der Waals surface area contributed by atoms with Crippen LogP contribution in [0.25, 0.3) is 0 Å². The first-order valence-electron chi connectivity index (χ1n) is 14.2. The van der Waals surface area contributed by atoms with E-state index in [9.17, 15) is 24.3 Å². The standard InChI is InChI=1S/C32H30N2O7S2/c1-40-23-11-16(35)12-24(41-2)28(23)26-19-7-8-20-25(31(38)33(29(20)36)14-17-5-3-9-42-17)21(19)13-22-27(26)32(39)34(30(22)37)15-18-6-4-10-43-18/h3-7,9-12,20-22,25-27,35H,8,13-15H2,1-2H3. The fourth-order valence-corrected chi connectivity index (χ4v) is 9.09. The number of amides is 4.